The lowest BCUT2D eigenvalue weighted by molar-refractivity contribution is -0.118. The summed E-state index contributed by atoms with van der Waals surface area (Å²) in [7, 11) is 0. The summed E-state index contributed by atoms with van der Waals surface area (Å²) in [6.45, 7) is 9.33. The van der Waals surface area contributed by atoms with Crippen LogP contribution < -0.4 is 0 Å². The van der Waals surface area contributed by atoms with E-state index in [2.05, 4.69) is 0 Å². The molecule has 0 saturated carbocycles. The van der Waals surface area contributed by atoms with Crippen molar-refractivity contribution >= 4 is 6.41 Å². The Bertz CT molecular complexity index is 96.5. The van der Waals surface area contributed by atoms with Gasteiger partial charge in [-0.2, -0.15) is 0 Å². The van der Waals surface area contributed by atoms with Crippen molar-refractivity contribution in [3.8, 4) is 0 Å². The summed E-state index contributed by atoms with van der Waals surface area (Å²) in [6.07, 6.45) is 0.812. The lowest BCUT2D eigenvalue weighted by Crippen LogP contribution is -2.28. The zero-order valence-corrected chi connectivity index (χ0v) is 8.58. The van der Waals surface area contributed by atoms with Gasteiger partial charge in [-0.05, 0) is 12.8 Å². The first-order chi connectivity index (χ1) is 5.74. The van der Waals surface area contributed by atoms with Gasteiger partial charge in [-0.3, -0.25) is 4.79 Å². The van der Waals surface area contributed by atoms with E-state index < -0.39 is 0 Å². The van der Waals surface area contributed by atoms with Gasteiger partial charge in [-0.1, -0.05) is 20.8 Å². The molecule has 1 atom stereocenters. The van der Waals surface area contributed by atoms with Gasteiger partial charge in [0.1, 0.15) is 0 Å². The third-order valence-electron chi connectivity index (χ3n) is 1.41. The molecule has 0 aromatic rings. The van der Waals surface area contributed by atoms with Crippen molar-refractivity contribution in [1.82, 2.24) is 4.90 Å². The van der Waals surface area contributed by atoms with Crippen LogP contribution in [-0.2, 0) is 4.79 Å². The summed E-state index contributed by atoms with van der Waals surface area (Å²) in [6, 6.07) is 0. The molecule has 0 spiro atoms. The van der Waals surface area contributed by atoms with Gasteiger partial charge < -0.3 is 10.0 Å². The molecule has 0 aliphatic rings. The number of aliphatic hydroxyl groups excluding tert-OH is 1. The fourth-order valence-corrected chi connectivity index (χ4v) is 0.705. The second-order valence-electron chi connectivity index (χ2n) is 2.48. The minimum Gasteiger partial charge on any atom is -0.396 e. The summed E-state index contributed by atoms with van der Waals surface area (Å²) < 4.78 is 0. The molecule has 74 valence electrons. The molecule has 0 saturated heterocycles. The van der Waals surface area contributed by atoms with Gasteiger partial charge in [0.25, 0.3) is 0 Å². The largest absolute Gasteiger partial charge is 0.396 e. The predicted molar refractivity (Wildman–Crippen MR) is 50.9 cm³/mol. The van der Waals surface area contributed by atoms with Crippen LogP contribution in [0.25, 0.3) is 0 Å². The zero-order chi connectivity index (χ0) is 9.98. The Morgan fingerprint density at radius 2 is 2.00 bits per heavy atom. The maximum absolute atomic E-state index is 10.2. The van der Waals surface area contributed by atoms with Gasteiger partial charge in [0.05, 0.1) is 0 Å². The van der Waals surface area contributed by atoms with E-state index in [9.17, 15) is 4.79 Å². The molecule has 0 radical (unpaired) electrons. The van der Waals surface area contributed by atoms with Crippen LogP contribution in [0.4, 0.5) is 0 Å². The van der Waals surface area contributed by atoms with Crippen molar-refractivity contribution in [3.05, 3.63) is 0 Å². The quantitative estimate of drug-likeness (QED) is 0.636. The van der Waals surface area contributed by atoms with E-state index in [1.807, 2.05) is 27.7 Å². The molecule has 1 N–H and O–H groups in total. The van der Waals surface area contributed by atoms with Crippen LogP contribution in [0.5, 0.6) is 0 Å². The first-order valence-electron chi connectivity index (χ1n) is 4.54. The molecule has 0 heterocycles. The Morgan fingerprint density at radius 1 is 1.50 bits per heavy atom. The van der Waals surface area contributed by atoms with Crippen molar-refractivity contribution in [2.24, 2.45) is 5.92 Å². The third-order valence-corrected chi connectivity index (χ3v) is 1.41. The van der Waals surface area contributed by atoms with Crippen LogP contribution in [-0.4, -0.2) is 36.1 Å². The molecule has 0 aliphatic carbocycles. The van der Waals surface area contributed by atoms with Crippen molar-refractivity contribution in [2.45, 2.75) is 27.7 Å². The van der Waals surface area contributed by atoms with E-state index in [1.165, 1.54) is 0 Å². The van der Waals surface area contributed by atoms with E-state index in [1.54, 1.807) is 4.90 Å². The monoisotopic (exact) mass is 175 g/mol. The summed E-state index contributed by atoms with van der Waals surface area (Å²) in [5.74, 6) is 0.185. The standard InChI is InChI=1S/C7H15NO2.C2H6/c1-3-8(6-10)4-7(2)5-9;1-2/h6-7,9H,3-5H2,1-2H3;1-2H3. The van der Waals surface area contributed by atoms with Gasteiger partial charge in [-0.15, -0.1) is 0 Å². The maximum atomic E-state index is 10.2. The number of carbonyl (C=O) groups excluding carboxylic acids is 1. The molecule has 0 aromatic carbocycles. The average molecular weight is 175 g/mol. The van der Waals surface area contributed by atoms with E-state index in [0.717, 1.165) is 6.41 Å². The molecular formula is C9H21NO2. The SMILES string of the molecule is CC.CCN(C=O)CC(C)CO. The van der Waals surface area contributed by atoms with Gasteiger partial charge in [0.2, 0.25) is 6.41 Å². The number of hydrogen-bond acceptors (Lipinski definition) is 2. The minimum atomic E-state index is 0.143. The minimum absolute atomic E-state index is 0.143. The average Bonchev–Trinajstić information content (AvgIpc) is 2.16. The Labute approximate surface area is 75.4 Å². The maximum Gasteiger partial charge on any atom is 0.209 e. The molecule has 0 bridgehead atoms. The summed E-state index contributed by atoms with van der Waals surface area (Å²) in [4.78, 5) is 11.9. The first kappa shape index (κ1) is 14.0. The molecule has 12 heavy (non-hydrogen) atoms. The van der Waals surface area contributed by atoms with E-state index in [0.29, 0.717) is 13.1 Å². The Morgan fingerprint density at radius 3 is 2.25 bits per heavy atom. The van der Waals surface area contributed by atoms with Gasteiger partial charge in [0.15, 0.2) is 0 Å². The highest BCUT2D eigenvalue weighted by atomic mass is 16.3. The number of amides is 1. The number of carbonyl (C=O) groups is 1. The third kappa shape index (κ3) is 7.54. The number of nitrogens with zero attached hydrogens (tertiary/aromatic N) is 1. The molecule has 0 fully saturated rings. The summed E-state index contributed by atoms with van der Waals surface area (Å²) >= 11 is 0. The number of aliphatic hydroxyl groups is 1. The van der Waals surface area contributed by atoms with Crippen LogP contribution in [0.2, 0.25) is 0 Å². The fraction of sp³-hybridized carbons (Fsp3) is 0.889. The first-order valence-corrected chi connectivity index (χ1v) is 4.54. The van der Waals surface area contributed by atoms with E-state index >= 15 is 0 Å². The van der Waals surface area contributed by atoms with Crippen molar-refractivity contribution in [1.29, 1.82) is 0 Å². The van der Waals surface area contributed by atoms with Gasteiger partial charge >= 0.3 is 0 Å². The molecule has 3 heteroatoms. The zero-order valence-electron chi connectivity index (χ0n) is 8.58. The van der Waals surface area contributed by atoms with Gasteiger partial charge in [0, 0.05) is 19.7 Å². The molecule has 3 nitrogen and oxygen atoms in total. The van der Waals surface area contributed by atoms with Crippen LogP contribution in [0.3, 0.4) is 0 Å². The highest BCUT2D eigenvalue weighted by Crippen LogP contribution is 1.95. The normalized spacial score (nSPS) is 11.1. The highest BCUT2D eigenvalue weighted by molar-refractivity contribution is 5.46. The van der Waals surface area contributed by atoms with Crippen LogP contribution >= 0.6 is 0 Å². The van der Waals surface area contributed by atoms with Crippen molar-refractivity contribution < 1.29 is 9.90 Å². The van der Waals surface area contributed by atoms with Crippen LogP contribution in [0.15, 0.2) is 0 Å². The smallest absolute Gasteiger partial charge is 0.209 e. The number of hydrogen-bond donors (Lipinski definition) is 1. The molecule has 0 aromatic heterocycles. The highest BCUT2D eigenvalue weighted by Gasteiger charge is 2.03. The van der Waals surface area contributed by atoms with Crippen molar-refractivity contribution in [3.63, 3.8) is 0 Å². The van der Waals surface area contributed by atoms with Crippen LogP contribution in [0.1, 0.15) is 27.7 Å². The fourth-order valence-electron chi connectivity index (χ4n) is 0.705. The second-order valence-corrected chi connectivity index (χ2v) is 2.48. The number of rotatable bonds is 5. The summed E-state index contributed by atoms with van der Waals surface area (Å²) in [5.41, 5.74) is 0. The van der Waals surface area contributed by atoms with E-state index in [4.69, 9.17) is 5.11 Å². The van der Waals surface area contributed by atoms with Crippen molar-refractivity contribution in [2.75, 3.05) is 19.7 Å². The lowest BCUT2D eigenvalue weighted by Gasteiger charge is -2.17. The Kier molecular flexibility index (Phi) is 12.2. The Hall–Kier alpha value is -0.570. The lowest BCUT2D eigenvalue weighted by atomic mass is 10.2. The Balaban J connectivity index is 0. The molecule has 1 unspecified atom stereocenters. The second kappa shape index (κ2) is 10.4. The summed E-state index contributed by atoms with van der Waals surface area (Å²) in [5, 5.41) is 8.63. The molecule has 1 amide bonds. The van der Waals surface area contributed by atoms with E-state index in [-0.39, 0.29) is 12.5 Å². The topological polar surface area (TPSA) is 40.5 Å². The molecule has 0 rings (SSSR count). The molecular weight excluding hydrogens is 154 g/mol. The predicted octanol–water partition coefficient (Wildman–Crippen LogP) is 1.12. The van der Waals surface area contributed by atoms with Gasteiger partial charge in [-0.25, -0.2) is 0 Å². The van der Waals surface area contributed by atoms with Crippen LogP contribution in [0, 0.1) is 5.92 Å². The molecule has 0 aliphatic heterocycles.